The number of aryl methyl sites for hydroxylation is 1. The Labute approximate surface area is 170 Å². The van der Waals surface area contributed by atoms with Gasteiger partial charge in [-0.05, 0) is 37.1 Å². The zero-order chi connectivity index (χ0) is 20.6. The van der Waals surface area contributed by atoms with E-state index in [1.807, 2.05) is 19.1 Å². The minimum absolute atomic E-state index is 0.327. The molecule has 7 nitrogen and oxygen atoms in total. The lowest BCUT2D eigenvalue weighted by Crippen LogP contribution is -2.08. The maximum Gasteiger partial charge on any atom is 0.355 e. The van der Waals surface area contributed by atoms with Crippen LogP contribution >= 0.6 is 0 Å². The normalized spacial score (nSPS) is 10.7. The van der Waals surface area contributed by atoms with Crippen LogP contribution in [0.2, 0.25) is 0 Å². The number of pyridine rings is 1. The van der Waals surface area contributed by atoms with E-state index in [-0.39, 0.29) is 0 Å². The van der Waals surface area contributed by atoms with Crippen LogP contribution in [0.15, 0.2) is 36.8 Å². The molecule has 29 heavy (non-hydrogen) atoms. The molecule has 0 aliphatic rings. The first-order valence-electron chi connectivity index (χ1n) is 9.75. The summed E-state index contributed by atoms with van der Waals surface area (Å²) < 4.78 is 5.12. The number of fused-ring (bicyclic) bond motifs is 1. The second-order valence-corrected chi connectivity index (χ2v) is 6.77. The van der Waals surface area contributed by atoms with Gasteiger partial charge in [0, 0.05) is 28.9 Å². The van der Waals surface area contributed by atoms with Crippen LogP contribution in [0.5, 0.6) is 11.6 Å². The van der Waals surface area contributed by atoms with Gasteiger partial charge in [-0.1, -0.05) is 26.2 Å². The van der Waals surface area contributed by atoms with Gasteiger partial charge >= 0.3 is 5.97 Å². The molecule has 0 atom stereocenters. The first-order valence-corrected chi connectivity index (χ1v) is 9.75. The third kappa shape index (κ3) is 5.19. The molecule has 0 N–H and O–H groups in total. The van der Waals surface area contributed by atoms with Gasteiger partial charge in [-0.2, -0.15) is 0 Å². The molecule has 0 saturated heterocycles. The molecule has 0 saturated carbocycles. The van der Waals surface area contributed by atoms with Crippen molar-refractivity contribution in [3.8, 4) is 22.8 Å². The van der Waals surface area contributed by atoms with Crippen LogP contribution in [0.4, 0.5) is 0 Å². The van der Waals surface area contributed by atoms with E-state index in [2.05, 4.69) is 21.9 Å². The van der Waals surface area contributed by atoms with Crippen molar-refractivity contribution in [2.24, 2.45) is 0 Å². The Hall–Kier alpha value is -3.22. The van der Waals surface area contributed by atoms with Gasteiger partial charge in [0.15, 0.2) is 0 Å². The van der Waals surface area contributed by atoms with Gasteiger partial charge in [0.2, 0.25) is 11.6 Å². The number of carbonyl (C=O) groups is 1. The van der Waals surface area contributed by atoms with Crippen molar-refractivity contribution in [1.82, 2.24) is 15.0 Å². The standard InChI is InChI=1S/C22H25N3O4/c1-4-5-6-7-8-21(26)29-28-19-12-17(16-9-10-20(27-3)23-13-16)11-18-15(2)24-14-25-22(18)19/h9-14H,4-8H2,1-3H3. The highest BCUT2D eigenvalue weighted by Gasteiger charge is 2.14. The first kappa shape index (κ1) is 20.5. The van der Waals surface area contributed by atoms with E-state index in [1.165, 1.54) is 6.33 Å². The minimum Gasteiger partial charge on any atom is -0.481 e. The first-order chi connectivity index (χ1) is 14.1. The number of ether oxygens (including phenoxy) is 1. The highest BCUT2D eigenvalue weighted by Crippen LogP contribution is 2.32. The van der Waals surface area contributed by atoms with E-state index in [1.54, 1.807) is 25.4 Å². The molecule has 0 bridgehead atoms. The maximum absolute atomic E-state index is 12.0. The van der Waals surface area contributed by atoms with Gasteiger partial charge in [-0.25, -0.2) is 19.7 Å². The van der Waals surface area contributed by atoms with Crippen LogP contribution < -0.4 is 9.62 Å². The number of hydrogen-bond donors (Lipinski definition) is 0. The van der Waals surface area contributed by atoms with Gasteiger partial charge in [-0.15, -0.1) is 0 Å². The number of carbonyl (C=O) groups excluding carboxylic acids is 1. The average molecular weight is 395 g/mol. The molecule has 152 valence electrons. The van der Waals surface area contributed by atoms with Crippen LogP contribution in [0, 0.1) is 6.92 Å². The van der Waals surface area contributed by atoms with Crippen molar-refractivity contribution in [1.29, 1.82) is 0 Å². The monoisotopic (exact) mass is 395 g/mol. The second kappa shape index (κ2) is 9.82. The number of nitrogens with zero attached hydrogens (tertiary/aromatic N) is 3. The lowest BCUT2D eigenvalue weighted by atomic mass is 10.0. The summed E-state index contributed by atoms with van der Waals surface area (Å²) in [6.07, 6.45) is 7.51. The third-order valence-corrected chi connectivity index (χ3v) is 4.64. The fourth-order valence-corrected chi connectivity index (χ4v) is 2.99. The van der Waals surface area contributed by atoms with Crippen molar-refractivity contribution in [2.45, 2.75) is 46.0 Å². The summed E-state index contributed by atoms with van der Waals surface area (Å²) in [5.41, 5.74) is 3.10. The number of aromatic nitrogens is 3. The summed E-state index contributed by atoms with van der Waals surface area (Å²) in [4.78, 5) is 35.3. The highest BCUT2D eigenvalue weighted by atomic mass is 17.2. The summed E-state index contributed by atoms with van der Waals surface area (Å²) in [6, 6.07) is 7.43. The largest absolute Gasteiger partial charge is 0.481 e. The number of rotatable bonds is 9. The molecule has 0 unspecified atom stereocenters. The Morgan fingerprint density at radius 3 is 2.62 bits per heavy atom. The molecular weight excluding hydrogens is 370 g/mol. The lowest BCUT2D eigenvalue weighted by molar-refractivity contribution is -0.213. The van der Waals surface area contributed by atoms with Crippen LogP contribution in [-0.4, -0.2) is 28.0 Å². The van der Waals surface area contributed by atoms with Crippen LogP contribution in [0.3, 0.4) is 0 Å². The van der Waals surface area contributed by atoms with E-state index >= 15 is 0 Å². The van der Waals surface area contributed by atoms with Crippen LogP contribution in [0.1, 0.15) is 44.7 Å². The number of methoxy groups -OCH3 is 1. The molecule has 0 amide bonds. The Kier molecular flexibility index (Phi) is 6.94. The summed E-state index contributed by atoms with van der Waals surface area (Å²) >= 11 is 0. The summed E-state index contributed by atoms with van der Waals surface area (Å²) in [5.74, 6) is 0.500. The van der Waals surface area contributed by atoms with Gasteiger partial charge in [-0.3, -0.25) is 9.78 Å². The summed E-state index contributed by atoms with van der Waals surface area (Å²) in [7, 11) is 1.57. The van der Waals surface area contributed by atoms with Crippen molar-refractivity contribution in [2.75, 3.05) is 7.11 Å². The van der Waals surface area contributed by atoms with E-state index in [4.69, 9.17) is 14.5 Å². The van der Waals surface area contributed by atoms with Gasteiger partial charge in [0.05, 0.1) is 13.5 Å². The predicted octanol–water partition coefficient (Wildman–Crippen LogP) is 4.82. The molecule has 3 aromatic rings. The number of hydrogen-bond acceptors (Lipinski definition) is 7. The highest BCUT2D eigenvalue weighted by molar-refractivity contribution is 5.91. The van der Waals surface area contributed by atoms with Crippen molar-refractivity contribution in [3.05, 3.63) is 42.5 Å². The average Bonchev–Trinajstić information content (AvgIpc) is 2.75. The molecule has 0 radical (unpaired) electrons. The molecule has 0 fully saturated rings. The van der Waals surface area contributed by atoms with Crippen molar-refractivity contribution >= 4 is 16.9 Å². The molecule has 2 aromatic heterocycles. The predicted molar refractivity (Wildman–Crippen MR) is 110 cm³/mol. The smallest absolute Gasteiger partial charge is 0.355 e. The molecule has 0 spiro atoms. The van der Waals surface area contributed by atoms with Crippen LogP contribution in [0.25, 0.3) is 22.0 Å². The topological polar surface area (TPSA) is 83.4 Å². The maximum atomic E-state index is 12.0. The van der Waals surface area contributed by atoms with E-state index < -0.39 is 5.97 Å². The molecule has 1 aromatic carbocycles. The number of benzene rings is 1. The van der Waals surface area contributed by atoms with Crippen molar-refractivity contribution in [3.63, 3.8) is 0 Å². The van der Waals surface area contributed by atoms with E-state index in [9.17, 15) is 4.79 Å². The molecule has 7 heteroatoms. The quantitative estimate of drug-likeness (QED) is 0.292. The Morgan fingerprint density at radius 2 is 1.90 bits per heavy atom. The molecule has 0 aliphatic heterocycles. The van der Waals surface area contributed by atoms with Gasteiger partial charge < -0.3 is 4.74 Å². The molecular formula is C22H25N3O4. The van der Waals surface area contributed by atoms with E-state index in [0.29, 0.717) is 23.6 Å². The fourth-order valence-electron chi connectivity index (χ4n) is 2.99. The van der Waals surface area contributed by atoms with Gasteiger partial charge in [0.1, 0.15) is 11.8 Å². The lowest BCUT2D eigenvalue weighted by Gasteiger charge is -2.11. The molecule has 2 heterocycles. The number of unbranched alkanes of at least 4 members (excludes halogenated alkanes) is 3. The Bertz CT molecular complexity index is 974. The zero-order valence-electron chi connectivity index (χ0n) is 17.0. The van der Waals surface area contributed by atoms with Gasteiger partial charge in [0.25, 0.3) is 0 Å². The second-order valence-electron chi connectivity index (χ2n) is 6.77. The van der Waals surface area contributed by atoms with Crippen molar-refractivity contribution < 1.29 is 19.3 Å². The summed E-state index contributed by atoms with van der Waals surface area (Å²) in [6.45, 7) is 4.02. The zero-order valence-corrected chi connectivity index (χ0v) is 17.0. The summed E-state index contributed by atoms with van der Waals surface area (Å²) in [5, 5.41) is 0.815. The fraction of sp³-hybridized carbons (Fsp3) is 0.364. The van der Waals surface area contributed by atoms with Crippen LogP contribution in [-0.2, 0) is 9.68 Å². The SMILES string of the molecule is CCCCCCC(=O)OOc1cc(-c2ccc(OC)nc2)cc2c(C)ncnc12. The molecule has 3 rings (SSSR count). The Balaban J connectivity index is 1.85. The minimum atomic E-state index is -0.392. The molecule has 0 aliphatic carbocycles. The van der Waals surface area contributed by atoms with E-state index in [0.717, 1.165) is 47.9 Å². The Morgan fingerprint density at radius 1 is 1.03 bits per heavy atom. The third-order valence-electron chi connectivity index (χ3n) is 4.64.